The zero-order chi connectivity index (χ0) is 21.5. The summed E-state index contributed by atoms with van der Waals surface area (Å²) in [5.74, 6) is 1.15. The van der Waals surface area contributed by atoms with E-state index in [1.165, 1.54) is 12.8 Å². The van der Waals surface area contributed by atoms with Gasteiger partial charge in [0.1, 0.15) is 5.75 Å². The SMILES string of the molecule is O=C(Nc1ccccc1)C(C1CCCC1)N1CCN(C(=O)COc2ccccc2)CC1. The number of carbonyl (C=O) groups is 2. The Balaban J connectivity index is 1.33. The molecule has 1 saturated heterocycles. The van der Waals surface area contributed by atoms with E-state index in [0.717, 1.165) is 18.5 Å². The summed E-state index contributed by atoms with van der Waals surface area (Å²) in [5, 5.41) is 3.11. The molecule has 6 nitrogen and oxygen atoms in total. The van der Waals surface area contributed by atoms with Gasteiger partial charge in [-0.2, -0.15) is 0 Å². The topological polar surface area (TPSA) is 61.9 Å². The predicted molar refractivity (Wildman–Crippen MR) is 121 cm³/mol. The summed E-state index contributed by atoms with van der Waals surface area (Å²) < 4.78 is 5.61. The molecule has 0 radical (unpaired) electrons. The molecule has 2 fully saturated rings. The van der Waals surface area contributed by atoms with Crippen LogP contribution in [0.15, 0.2) is 60.7 Å². The first-order valence-electron chi connectivity index (χ1n) is 11.3. The number of hydrogen-bond donors (Lipinski definition) is 1. The summed E-state index contributed by atoms with van der Waals surface area (Å²) in [6.45, 7) is 2.71. The van der Waals surface area contributed by atoms with E-state index < -0.39 is 0 Å². The van der Waals surface area contributed by atoms with Gasteiger partial charge in [-0.05, 0) is 43.0 Å². The van der Waals surface area contributed by atoms with Crippen LogP contribution in [0.4, 0.5) is 5.69 Å². The molecule has 2 aromatic rings. The molecule has 31 heavy (non-hydrogen) atoms. The van der Waals surface area contributed by atoms with Crippen LogP contribution >= 0.6 is 0 Å². The van der Waals surface area contributed by atoms with Gasteiger partial charge in [0, 0.05) is 31.9 Å². The number of carbonyl (C=O) groups excluding carboxylic acids is 2. The highest BCUT2D eigenvalue weighted by Crippen LogP contribution is 2.31. The van der Waals surface area contributed by atoms with Crippen molar-refractivity contribution in [2.45, 2.75) is 31.7 Å². The molecule has 1 aliphatic heterocycles. The summed E-state index contributed by atoms with van der Waals surface area (Å²) >= 11 is 0. The molecule has 1 unspecified atom stereocenters. The largest absolute Gasteiger partial charge is 0.484 e. The fourth-order valence-corrected chi connectivity index (χ4v) is 4.69. The van der Waals surface area contributed by atoms with Gasteiger partial charge in [0.05, 0.1) is 6.04 Å². The van der Waals surface area contributed by atoms with Crippen LogP contribution in [0.5, 0.6) is 5.75 Å². The minimum atomic E-state index is -0.138. The molecule has 1 saturated carbocycles. The number of hydrogen-bond acceptors (Lipinski definition) is 4. The van der Waals surface area contributed by atoms with Crippen LogP contribution in [-0.4, -0.2) is 60.4 Å². The van der Waals surface area contributed by atoms with E-state index in [2.05, 4.69) is 10.2 Å². The van der Waals surface area contributed by atoms with E-state index in [1.807, 2.05) is 65.6 Å². The molecule has 1 N–H and O–H groups in total. The fraction of sp³-hybridized carbons (Fsp3) is 0.440. The Kier molecular flexibility index (Phi) is 7.20. The monoisotopic (exact) mass is 421 g/mol. The highest BCUT2D eigenvalue weighted by molar-refractivity contribution is 5.95. The maximum Gasteiger partial charge on any atom is 0.260 e. The van der Waals surface area contributed by atoms with Crippen LogP contribution < -0.4 is 10.1 Å². The number of nitrogens with zero attached hydrogens (tertiary/aromatic N) is 2. The van der Waals surface area contributed by atoms with Crippen molar-refractivity contribution < 1.29 is 14.3 Å². The number of para-hydroxylation sites is 2. The Bertz CT molecular complexity index is 845. The average molecular weight is 422 g/mol. The normalized spacial score (nSPS) is 18.5. The second-order valence-corrected chi connectivity index (χ2v) is 8.36. The maximum absolute atomic E-state index is 13.2. The zero-order valence-electron chi connectivity index (χ0n) is 17.9. The van der Waals surface area contributed by atoms with Gasteiger partial charge in [0.25, 0.3) is 5.91 Å². The lowest BCUT2D eigenvalue weighted by atomic mass is 9.95. The van der Waals surface area contributed by atoms with Crippen LogP contribution in [0.1, 0.15) is 25.7 Å². The molecule has 164 valence electrons. The van der Waals surface area contributed by atoms with Crippen molar-refractivity contribution in [1.82, 2.24) is 9.80 Å². The lowest BCUT2D eigenvalue weighted by Crippen LogP contribution is -2.57. The molecule has 4 rings (SSSR count). The highest BCUT2D eigenvalue weighted by Gasteiger charge is 2.37. The molecule has 2 aromatic carbocycles. The molecular formula is C25H31N3O3. The van der Waals surface area contributed by atoms with E-state index in [0.29, 0.717) is 37.8 Å². The fourth-order valence-electron chi connectivity index (χ4n) is 4.69. The van der Waals surface area contributed by atoms with Crippen molar-refractivity contribution >= 4 is 17.5 Å². The van der Waals surface area contributed by atoms with Crippen molar-refractivity contribution in [2.75, 3.05) is 38.1 Å². The van der Waals surface area contributed by atoms with Gasteiger partial charge in [0.15, 0.2) is 6.61 Å². The molecule has 1 aliphatic carbocycles. The van der Waals surface area contributed by atoms with Crippen molar-refractivity contribution in [2.24, 2.45) is 5.92 Å². The van der Waals surface area contributed by atoms with E-state index in [9.17, 15) is 9.59 Å². The smallest absolute Gasteiger partial charge is 0.260 e. The van der Waals surface area contributed by atoms with Gasteiger partial charge in [-0.25, -0.2) is 0 Å². The number of anilines is 1. The van der Waals surface area contributed by atoms with Gasteiger partial charge in [-0.3, -0.25) is 14.5 Å². The Morgan fingerprint density at radius 2 is 1.52 bits per heavy atom. The lowest BCUT2D eigenvalue weighted by Gasteiger charge is -2.40. The third-order valence-electron chi connectivity index (χ3n) is 6.32. The van der Waals surface area contributed by atoms with Crippen LogP contribution in [-0.2, 0) is 9.59 Å². The molecule has 6 heteroatoms. The second-order valence-electron chi connectivity index (χ2n) is 8.36. The quantitative estimate of drug-likeness (QED) is 0.744. The molecule has 2 amide bonds. The van der Waals surface area contributed by atoms with E-state index >= 15 is 0 Å². The molecule has 0 aromatic heterocycles. The van der Waals surface area contributed by atoms with Crippen molar-refractivity contribution in [3.63, 3.8) is 0 Å². The summed E-state index contributed by atoms with van der Waals surface area (Å²) in [7, 11) is 0. The average Bonchev–Trinajstić information content (AvgIpc) is 3.34. The van der Waals surface area contributed by atoms with E-state index in [1.54, 1.807) is 0 Å². The van der Waals surface area contributed by atoms with Crippen LogP contribution in [0.2, 0.25) is 0 Å². The third kappa shape index (κ3) is 5.64. The second kappa shape index (κ2) is 10.4. The number of piperazine rings is 1. The predicted octanol–water partition coefficient (Wildman–Crippen LogP) is 3.41. The third-order valence-corrected chi connectivity index (χ3v) is 6.32. The summed E-state index contributed by atoms with van der Waals surface area (Å²) in [5.41, 5.74) is 0.836. The van der Waals surface area contributed by atoms with Crippen molar-refractivity contribution in [3.05, 3.63) is 60.7 Å². The highest BCUT2D eigenvalue weighted by atomic mass is 16.5. The summed E-state index contributed by atoms with van der Waals surface area (Å²) in [4.78, 5) is 29.9. The first kappa shape index (κ1) is 21.4. The summed E-state index contributed by atoms with van der Waals surface area (Å²) in [6, 6.07) is 18.9. The van der Waals surface area contributed by atoms with Gasteiger partial charge in [-0.15, -0.1) is 0 Å². The van der Waals surface area contributed by atoms with Crippen LogP contribution in [0, 0.1) is 5.92 Å². The minimum absolute atomic E-state index is 0.00495. The van der Waals surface area contributed by atoms with Crippen LogP contribution in [0.3, 0.4) is 0 Å². The molecule has 2 aliphatic rings. The first-order chi connectivity index (χ1) is 15.2. The summed E-state index contributed by atoms with van der Waals surface area (Å²) in [6.07, 6.45) is 4.57. The number of rotatable bonds is 7. The standard InChI is InChI=1S/C25H31N3O3/c29-23(19-31-22-13-5-2-6-14-22)27-15-17-28(18-16-27)24(20-9-7-8-10-20)25(30)26-21-11-3-1-4-12-21/h1-6,11-14,20,24H,7-10,15-19H2,(H,26,30). The molecule has 0 spiro atoms. The van der Waals surface area contributed by atoms with Gasteiger partial charge in [0.2, 0.25) is 5.91 Å². The first-order valence-corrected chi connectivity index (χ1v) is 11.3. The number of nitrogens with one attached hydrogen (secondary N) is 1. The van der Waals surface area contributed by atoms with Crippen LogP contribution in [0.25, 0.3) is 0 Å². The Labute approximate surface area is 184 Å². The molecule has 0 bridgehead atoms. The lowest BCUT2D eigenvalue weighted by molar-refractivity contribution is -0.136. The van der Waals surface area contributed by atoms with E-state index in [-0.39, 0.29) is 24.5 Å². The zero-order valence-corrected chi connectivity index (χ0v) is 17.9. The Morgan fingerprint density at radius 1 is 0.903 bits per heavy atom. The Hall–Kier alpha value is -2.86. The maximum atomic E-state index is 13.2. The number of amides is 2. The number of ether oxygens (including phenoxy) is 1. The molecule has 1 heterocycles. The molecule has 1 atom stereocenters. The van der Waals surface area contributed by atoms with Crippen molar-refractivity contribution in [1.29, 1.82) is 0 Å². The van der Waals surface area contributed by atoms with Gasteiger partial charge in [-0.1, -0.05) is 49.2 Å². The van der Waals surface area contributed by atoms with Crippen molar-refractivity contribution in [3.8, 4) is 5.75 Å². The van der Waals surface area contributed by atoms with Gasteiger partial charge < -0.3 is 15.0 Å². The van der Waals surface area contributed by atoms with E-state index in [4.69, 9.17) is 4.74 Å². The minimum Gasteiger partial charge on any atom is -0.484 e. The molecular weight excluding hydrogens is 390 g/mol. The van der Waals surface area contributed by atoms with Gasteiger partial charge >= 0.3 is 0 Å². The number of benzene rings is 2. The Morgan fingerprint density at radius 3 is 2.16 bits per heavy atom.